The Balaban J connectivity index is 1.51. The zero-order valence-electron chi connectivity index (χ0n) is 18.2. The van der Waals surface area contributed by atoms with E-state index >= 15 is 0 Å². The third-order valence-electron chi connectivity index (χ3n) is 4.47. The fraction of sp³-hybridized carbons (Fsp3) is 0.0952. The number of rotatable bonds is 8. The van der Waals surface area contributed by atoms with E-state index in [9.17, 15) is 14.0 Å². The highest BCUT2D eigenvalue weighted by Gasteiger charge is 2.24. The van der Waals surface area contributed by atoms with E-state index in [1.807, 2.05) is 0 Å². The van der Waals surface area contributed by atoms with Gasteiger partial charge in [-0.2, -0.15) is 9.78 Å². The molecule has 178 valence electrons. The zero-order chi connectivity index (χ0) is 24.8. The molecule has 0 unspecified atom stereocenters. The second kappa shape index (κ2) is 10.2. The predicted octanol–water partition coefficient (Wildman–Crippen LogP) is 1.67. The molecule has 13 nitrogen and oxygen atoms in total. The number of hydrazone groups is 1. The Kier molecular flexibility index (Phi) is 6.71. The molecular weight excluding hydrogens is 461 g/mol. The van der Waals surface area contributed by atoms with Gasteiger partial charge in [0.1, 0.15) is 23.9 Å². The number of nitrogen functional groups attached to an aromatic ring is 1. The molecule has 0 bridgehead atoms. The van der Waals surface area contributed by atoms with E-state index in [1.165, 1.54) is 37.4 Å². The highest BCUT2D eigenvalue weighted by atomic mass is 19.1. The predicted molar refractivity (Wildman–Crippen MR) is 120 cm³/mol. The number of ether oxygens (including phenoxy) is 1. The zero-order valence-corrected chi connectivity index (χ0v) is 18.2. The molecule has 0 aliphatic carbocycles. The number of halogens is 1. The van der Waals surface area contributed by atoms with Crippen LogP contribution in [0.2, 0.25) is 0 Å². The number of carbonyl (C=O) groups is 2. The maximum absolute atomic E-state index is 13.2. The molecule has 0 aliphatic heterocycles. The Morgan fingerprint density at radius 1 is 1.17 bits per heavy atom. The molecular formula is C21H18FN9O4. The van der Waals surface area contributed by atoms with Crippen LogP contribution < -0.4 is 21.2 Å². The largest absolute Gasteiger partial charge is 0.487 e. The molecule has 0 aliphatic rings. The minimum atomic E-state index is -0.685. The van der Waals surface area contributed by atoms with Gasteiger partial charge in [0.05, 0.1) is 6.21 Å². The fourth-order valence-electron chi connectivity index (χ4n) is 2.87. The van der Waals surface area contributed by atoms with Gasteiger partial charge in [-0.1, -0.05) is 17.3 Å². The van der Waals surface area contributed by atoms with E-state index in [0.29, 0.717) is 17.0 Å². The Morgan fingerprint density at radius 2 is 1.91 bits per heavy atom. The molecule has 2 heterocycles. The smallest absolute Gasteiger partial charge is 0.293 e. The molecule has 2 amide bonds. The normalized spacial score (nSPS) is 10.9. The van der Waals surface area contributed by atoms with Gasteiger partial charge in [0.25, 0.3) is 5.91 Å². The summed E-state index contributed by atoms with van der Waals surface area (Å²) in [5.41, 5.74) is 9.46. The number of nitrogens with one attached hydrogen (secondary N) is 2. The minimum Gasteiger partial charge on any atom is -0.487 e. The molecule has 0 radical (unpaired) electrons. The number of nitrogens with two attached hydrogens (primary N) is 1. The number of nitrogens with zero attached hydrogens (tertiary/aromatic N) is 6. The van der Waals surface area contributed by atoms with Gasteiger partial charge in [-0.05, 0) is 52.3 Å². The number of benzene rings is 2. The topological polar surface area (TPSA) is 175 Å². The van der Waals surface area contributed by atoms with E-state index in [1.54, 1.807) is 24.3 Å². The van der Waals surface area contributed by atoms with Gasteiger partial charge in [-0.25, -0.2) is 14.4 Å². The summed E-state index contributed by atoms with van der Waals surface area (Å²) in [5.74, 6) is -1.02. The van der Waals surface area contributed by atoms with Crippen LogP contribution in [0.15, 0.2) is 58.3 Å². The highest BCUT2D eigenvalue weighted by molar-refractivity contribution is 5.94. The van der Waals surface area contributed by atoms with E-state index in [-0.39, 0.29) is 35.5 Å². The van der Waals surface area contributed by atoms with Crippen molar-refractivity contribution in [2.24, 2.45) is 5.10 Å². The van der Waals surface area contributed by atoms with Crippen molar-refractivity contribution in [3.63, 3.8) is 0 Å². The number of carbonyl (C=O) groups excluding carboxylic acids is 2. The van der Waals surface area contributed by atoms with Crippen LogP contribution in [-0.4, -0.2) is 43.3 Å². The monoisotopic (exact) mass is 479 g/mol. The summed E-state index contributed by atoms with van der Waals surface area (Å²) in [6.07, 6.45) is 1.41. The lowest BCUT2D eigenvalue weighted by atomic mass is 10.2. The van der Waals surface area contributed by atoms with Crippen LogP contribution in [0, 0.1) is 5.82 Å². The molecule has 2 aromatic heterocycles. The van der Waals surface area contributed by atoms with Crippen molar-refractivity contribution in [1.29, 1.82) is 0 Å². The van der Waals surface area contributed by atoms with E-state index in [2.05, 4.69) is 41.1 Å². The highest BCUT2D eigenvalue weighted by Crippen LogP contribution is 2.19. The molecule has 14 heteroatoms. The standard InChI is InChI=1S/C21H18FN9O4/c1-12(32)25-15-6-2-13(3-7-15)10-24-27-21(33)18-17(11-34-16-8-4-14(22)5-9-16)31(30-26-18)20-19(23)28-35-29-20/h2-10H,11H2,1H3,(H2,23,28)(H,25,32)(H,27,33). The molecule has 4 aromatic rings. The number of anilines is 2. The van der Waals surface area contributed by atoms with Crippen LogP contribution in [0.1, 0.15) is 28.7 Å². The summed E-state index contributed by atoms with van der Waals surface area (Å²) < 4.78 is 24.6. The first-order valence-electron chi connectivity index (χ1n) is 10.0. The van der Waals surface area contributed by atoms with Crippen LogP contribution in [0.3, 0.4) is 0 Å². The maximum Gasteiger partial charge on any atom is 0.293 e. The first-order valence-corrected chi connectivity index (χ1v) is 10.0. The Morgan fingerprint density at radius 3 is 2.57 bits per heavy atom. The summed E-state index contributed by atoms with van der Waals surface area (Å²) in [4.78, 5) is 23.9. The minimum absolute atomic E-state index is 0.0111. The lowest BCUT2D eigenvalue weighted by molar-refractivity contribution is -0.114. The summed E-state index contributed by atoms with van der Waals surface area (Å²) in [6.45, 7) is 1.22. The van der Waals surface area contributed by atoms with Crippen molar-refractivity contribution >= 4 is 29.5 Å². The SMILES string of the molecule is CC(=O)Nc1ccc(C=NNC(=O)c2nnn(-c3nonc3N)c2COc2ccc(F)cc2)cc1. The first-order chi connectivity index (χ1) is 16.9. The van der Waals surface area contributed by atoms with Gasteiger partial charge in [-0.3, -0.25) is 9.59 Å². The van der Waals surface area contributed by atoms with Crippen LogP contribution in [-0.2, 0) is 11.4 Å². The number of hydrogen-bond acceptors (Lipinski definition) is 10. The molecule has 0 atom stereocenters. The number of amides is 2. The molecule has 0 saturated carbocycles. The molecule has 0 saturated heterocycles. The van der Waals surface area contributed by atoms with Crippen molar-refractivity contribution in [2.75, 3.05) is 11.1 Å². The average molecular weight is 479 g/mol. The molecule has 2 aromatic carbocycles. The van der Waals surface area contributed by atoms with Crippen molar-refractivity contribution in [3.8, 4) is 11.6 Å². The van der Waals surface area contributed by atoms with E-state index in [4.69, 9.17) is 10.5 Å². The Hall–Kier alpha value is -5.14. The van der Waals surface area contributed by atoms with Gasteiger partial charge in [0, 0.05) is 12.6 Å². The van der Waals surface area contributed by atoms with Crippen molar-refractivity contribution in [1.82, 2.24) is 30.7 Å². The molecule has 0 spiro atoms. The van der Waals surface area contributed by atoms with Crippen LogP contribution in [0.4, 0.5) is 15.9 Å². The number of aromatic nitrogens is 5. The molecule has 4 N–H and O–H groups in total. The van der Waals surface area contributed by atoms with E-state index in [0.717, 1.165) is 4.68 Å². The second-order valence-electron chi connectivity index (χ2n) is 7.01. The molecule has 4 rings (SSSR count). The van der Waals surface area contributed by atoms with Crippen molar-refractivity contribution in [2.45, 2.75) is 13.5 Å². The van der Waals surface area contributed by atoms with E-state index < -0.39 is 11.7 Å². The second-order valence-corrected chi connectivity index (χ2v) is 7.01. The maximum atomic E-state index is 13.2. The van der Waals surface area contributed by atoms with Gasteiger partial charge in [0.2, 0.25) is 17.5 Å². The Bertz CT molecular complexity index is 1360. The van der Waals surface area contributed by atoms with Crippen molar-refractivity contribution in [3.05, 3.63) is 71.3 Å². The van der Waals surface area contributed by atoms with Gasteiger partial charge < -0.3 is 15.8 Å². The quantitative estimate of drug-likeness (QED) is 0.251. The summed E-state index contributed by atoms with van der Waals surface area (Å²) in [6, 6.07) is 12.1. The number of hydrogen-bond donors (Lipinski definition) is 3. The fourth-order valence-corrected chi connectivity index (χ4v) is 2.87. The summed E-state index contributed by atoms with van der Waals surface area (Å²) in [5, 5.41) is 21.5. The van der Waals surface area contributed by atoms with Gasteiger partial charge in [0.15, 0.2) is 5.69 Å². The third kappa shape index (κ3) is 5.62. The Labute approximate surface area is 196 Å². The average Bonchev–Trinajstić information content (AvgIpc) is 3.45. The first kappa shape index (κ1) is 23.0. The summed E-state index contributed by atoms with van der Waals surface area (Å²) >= 11 is 0. The van der Waals surface area contributed by atoms with Crippen LogP contribution in [0.25, 0.3) is 5.82 Å². The molecule has 35 heavy (non-hydrogen) atoms. The van der Waals surface area contributed by atoms with Crippen molar-refractivity contribution < 1.29 is 23.3 Å². The lowest BCUT2D eigenvalue weighted by Gasteiger charge is -2.08. The molecule has 0 fully saturated rings. The van der Waals surface area contributed by atoms with Gasteiger partial charge >= 0.3 is 0 Å². The van der Waals surface area contributed by atoms with Crippen LogP contribution >= 0.6 is 0 Å². The van der Waals surface area contributed by atoms with Gasteiger partial charge in [-0.15, -0.1) is 5.10 Å². The third-order valence-corrected chi connectivity index (χ3v) is 4.47. The summed E-state index contributed by atoms with van der Waals surface area (Å²) in [7, 11) is 0. The lowest BCUT2D eigenvalue weighted by Crippen LogP contribution is -2.21. The van der Waals surface area contributed by atoms with Crippen LogP contribution in [0.5, 0.6) is 5.75 Å².